The van der Waals surface area contributed by atoms with Gasteiger partial charge in [0.05, 0.1) is 0 Å². The Labute approximate surface area is 177 Å². The van der Waals surface area contributed by atoms with Gasteiger partial charge in [0.25, 0.3) is 0 Å². The zero-order valence-corrected chi connectivity index (χ0v) is 15.4. The van der Waals surface area contributed by atoms with Crippen molar-refractivity contribution in [2.45, 2.75) is 34.2 Å². The molecule has 0 bridgehead atoms. The number of halogens is 13. The Kier molecular flexibility index (Phi) is 8.76. The van der Waals surface area contributed by atoms with Crippen molar-refractivity contribution in [1.29, 1.82) is 0 Å². The summed E-state index contributed by atoms with van der Waals surface area (Å²) in [6.45, 7) is 0. The molecule has 0 spiro atoms. The van der Waals surface area contributed by atoms with Gasteiger partial charge in [-0.2, -0.15) is 39.5 Å². The number of hydrogen-bond donors (Lipinski definition) is 0. The van der Waals surface area contributed by atoms with Crippen LogP contribution in [0.1, 0.15) is 0 Å². The molecule has 0 saturated carbocycles. The molecular formula is C8Cl2F11KO2. The van der Waals surface area contributed by atoms with Gasteiger partial charge in [-0.1, -0.05) is 11.6 Å². The Bertz CT molecular complexity index is 507. The predicted molar refractivity (Wildman–Crippen MR) is 49.1 cm³/mol. The summed E-state index contributed by atoms with van der Waals surface area (Å²) in [6.07, 6.45) is -7.14. The summed E-state index contributed by atoms with van der Waals surface area (Å²) >= 11 is 7.66. The molecule has 0 saturated heterocycles. The van der Waals surface area contributed by atoms with Crippen LogP contribution in [-0.4, -0.2) is 34.2 Å². The van der Waals surface area contributed by atoms with Crippen LogP contribution in [0.3, 0.4) is 0 Å². The normalized spacial score (nSPS) is 18.4. The van der Waals surface area contributed by atoms with E-state index in [4.69, 9.17) is 0 Å². The summed E-state index contributed by atoms with van der Waals surface area (Å²) in [4.78, 5) is 2.27. The smallest absolute Gasteiger partial charge is 0.653 e. The molecule has 0 aliphatic heterocycles. The van der Waals surface area contributed by atoms with E-state index in [0.717, 1.165) is 0 Å². The molecule has 0 aromatic heterocycles. The van der Waals surface area contributed by atoms with Crippen molar-refractivity contribution in [1.82, 2.24) is 0 Å². The number of alkyl halides is 13. The van der Waals surface area contributed by atoms with Crippen molar-refractivity contribution in [2.24, 2.45) is 0 Å². The Morgan fingerprint density at radius 2 is 1.12 bits per heavy atom. The standard InChI is InChI=1S/C8HCl2F11O2.K/c9-4(12,7(10,17)18)5(13,14)3(11,1-2-23-22)6(15,16)8(19,20)21;/h22H;/q;+1/p-1. The van der Waals surface area contributed by atoms with Gasteiger partial charge < -0.3 is 10.1 Å². The van der Waals surface area contributed by atoms with E-state index in [1.54, 1.807) is 0 Å². The van der Waals surface area contributed by atoms with E-state index in [1.807, 2.05) is 0 Å². The van der Waals surface area contributed by atoms with Gasteiger partial charge in [-0.05, 0) is 17.5 Å². The molecule has 2 atom stereocenters. The van der Waals surface area contributed by atoms with Crippen LogP contribution in [0.5, 0.6) is 0 Å². The van der Waals surface area contributed by atoms with Crippen molar-refractivity contribution in [2.75, 3.05) is 0 Å². The maximum absolute atomic E-state index is 13.7. The summed E-state index contributed by atoms with van der Waals surface area (Å²) in [7, 11) is 0. The Hall–Kier alpha value is 0.766. The first-order valence-electron chi connectivity index (χ1n) is 4.58. The molecule has 0 amide bonds. The molecule has 24 heavy (non-hydrogen) atoms. The van der Waals surface area contributed by atoms with Crippen molar-refractivity contribution in [3.8, 4) is 12.0 Å². The molecule has 2 nitrogen and oxygen atoms in total. The summed E-state index contributed by atoms with van der Waals surface area (Å²) in [5.41, 5.74) is -6.78. The third kappa shape index (κ3) is 4.19. The molecule has 0 aliphatic rings. The molecule has 16 heteroatoms. The minimum Gasteiger partial charge on any atom is -0.653 e. The Balaban J connectivity index is 0. The predicted octanol–water partition coefficient (Wildman–Crippen LogP) is 0.521. The molecule has 0 fully saturated rings. The molecule has 2 unspecified atom stereocenters. The fourth-order valence-corrected chi connectivity index (χ4v) is 1.28. The second kappa shape index (κ2) is 7.79. The van der Waals surface area contributed by atoms with Crippen LogP contribution in [-0.2, 0) is 4.89 Å². The van der Waals surface area contributed by atoms with Crippen LogP contribution < -0.4 is 56.6 Å². The molecule has 0 heterocycles. The van der Waals surface area contributed by atoms with Crippen LogP contribution in [0.25, 0.3) is 0 Å². The van der Waals surface area contributed by atoms with Crippen molar-refractivity contribution < 1.29 is 110 Å². The van der Waals surface area contributed by atoms with Crippen LogP contribution in [0.15, 0.2) is 0 Å². The van der Waals surface area contributed by atoms with Gasteiger partial charge in [-0.25, -0.2) is 8.78 Å². The second-order valence-corrected chi connectivity index (χ2v) is 4.68. The van der Waals surface area contributed by atoms with Crippen molar-refractivity contribution >= 4 is 23.2 Å². The van der Waals surface area contributed by atoms with Gasteiger partial charge in [0.15, 0.2) is 0 Å². The average Bonchev–Trinajstić information content (AvgIpc) is 2.32. The van der Waals surface area contributed by atoms with E-state index in [1.165, 1.54) is 0 Å². The van der Waals surface area contributed by atoms with Gasteiger partial charge in [-0.3, -0.25) is 0 Å². The number of rotatable bonds is 4. The van der Waals surface area contributed by atoms with Crippen LogP contribution in [0.4, 0.5) is 48.3 Å². The molecule has 0 aromatic rings. The van der Waals surface area contributed by atoms with Crippen molar-refractivity contribution in [3.63, 3.8) is 0 Å². The quantitative estimate of drug-likeness (QED) is 0.157. The second-order valence-electron chi connectivity index (χ2n) is 3.69. The third-order valence-corrected chi connectivity index (χ3v) is 3.07. The fraction of sp³-hybridized carbons (Fsp3) is 0.750. The largest absolute Gasteiger partial charge is 1.00 e. The minimum absolute atomic E-state index is 0. The Morgan fingerprint density at radius 3 is 1.38 bits per heavy atom. The van der Waals surface area contributed by atoms with Gasteiger partial charge in [0.1, 0.15) is 6.11 Å². The maximum atomic E-state index is 13.7. The zero-order valence-electron chi connectivity index (χ0n) is 10.7. The monoisotopic (exact) mass is 446 g/mol. The van der Waals surface area contributed by atoms with Gasteiger partial charge in [-0.15, -0.1) is 0 Å². The summed E-state index contributed by atoms with van der Waals surface area (Å²) < 4.78 is 141. The van der Waals surface area contributed by atoms with Crippen LogP contribution in [0.2, 0.25) is 0 Å². The molecule has 0 radical (unpaired) electrons. The van der Waals surface area contributed by atoms with E-state index in [0.29, 0.717) is 0 Å². The Morgan fingerprint density at radius 1 is 0.750 bits per heavy atom. The van der Waals surface area contributed by atoms with E-state index in [9.17, 15) is 53.6 Å². The number of hydrogen-bond acceptors (Lipinski definition) is 2. The topological polar surface area (TPSA) is 32.3 Å². The molecule has 0 aromatic carbocycles. The summed E-state index contributed by atoms with van der Waals surface area (Å²) in [6, 6.07) is 0. The first-order valence-corrected chi connectivity index (χ1v) is 5.33. The molecule has 136 valence electrons. The molecule has 0 rings (SSSR count). The van der Waals surface area contributed by atoms with Gasteiger partial charge in [0.2, 0.25) is 0 Å². The van der Waals surface area contributed by atoms with E-state index in [2.05, 4.69) is 28.1 Å². The van der Waals surface area contributed by atoms with Gasteiger partial charge in [0, 0.05) is 0 Å². The maximum Gasteiger partial charge on any atom is 1.00 e. The van der Waals surface area contributed by atoms with E-state index in [-0.39, 0.29) is 63.4 Å². The van der Waals surface area contributed by atoms with Crippen molar-refractivity contribution in [3.05, 3.63) is 0 Å². The molecule has 0 aliphatic carbocycles. The summed E-state index contributed by atoms with van der Waals surface area (Å²) in [5.74, 6) is -14.7. The van der Waals surface area contributed by atoms with E-state index >= 15 is 0 Å². The molecular weight excluding hydrogens is 447 g/mol. The first-order chi connectivity index (χ1) is 9.81. The average molecular weight is 447 g/mol. The fourth-order valence-electron chi connectivity index (χ4n) is 1.03. The summed E-state index contributed by atoms with van der Waals surface area (Å²) in [5, 5.41) is -2.92. The van der Waals surface area contributed by atoms with E-state index < -0.39 is 34.2 Å². The van der Waals surface area contributed by atoms with Crippen LogP contribution >= 0.6 is 23.2 Å². The van der Waals surface area contributed by atoms with Gasteiger partial charge >= 0.3 is 85.6 Å². The third-order valence-electron chi connectivity index (χ3n) is 2.24. The minimum atomic E-state index is -7.27. The SMILES string of the molecule is [K+].[O-]OC#CC(F)(C(F)(F)C(F)(F)F)C(F)(F)C(F)(Cl)C(F)(F)Cl. The first kappa shape index (κ1) is 27.0. The van der Waals surface area contributed by atoms with Crippen LogP contribution in [0, 0.1) is 12.0 Å². The molecule has 0 N–H and O–H groups in total. The zero-order chi connectivity index (χ0) is 19.1.